The van der Waals surface area contributed by atoms with Crippen molar-refractivity contribution in [3.05, 3.63) is 29.3 Å². The van der Waals surface area contributed by atoms with Crippen molar-refractivity contribution < 1.29 is 9.84 Å². The van der Waals surface area contributed by atoms with Gasteiger partial charge in [-0.25, -0.2) is 0 Å². The molecule has 1 heterocycles. The van der Waals surface area contributed by atoms with Crippen molar-refractivity contribution >= 4 is 42.1 Å². The van der Waals surface area contributed by atoms with E-state index < -0.39 is 0 Å². The Morgan fingerprint density at radius 1 is 1.00 bits per heavy atom. The molecule has 4 bridgehead atoms. The number of anilines is 1. The van der Waals surface area contributed by atoms with Crippen LogP contribution in [-0.4, -0.2) is 62.0 Å². The number of halogens is 3. The van der Waals surface area contributed by atoms with E-state index in [4.69, 9.17) is 16.3 Å². The van der Waals surface area contributed by atoms with Gasteiger partial charge in [-0.05, 0) is 86.3 Å². The standard InChI is InChI=1S/C25H37ClN2O2.2ClH/c26-22-2-1-3-23(13-22)28-7-5-27(6-8-28)17-24(29)18-30-9-4-25-14-19-10-20(15-25)12-21(11-19)16-25;;/h1-3,13,19-21,24,29H,4-12,14-18H2;2*1H. The first kappa shape index (κ1) is 26.4. The molecule has 0 radical (unpaired) electrons. The van der Waals surface area contributed by atoms with Gasteiger partial charge in [0.15, 0.2) is 0 Å². The van der Waals surface area contributed by atoms with Crippen molar-refractivity contribution in [2.45, 2.75) is 51.0 Å². The van der Waals surface area contributed by atoms with Crippen molar-refractivity contribution in [2.75, 3.05) is 50.8 Å². The Labute approximate surface area is 210 Å². The highest BCUT2D eigenvalue weighted by Crippen LogP contribution is 2.61. The second-order valence-corrected chi connectivity index (χ2v) is 11.1. The number of β-amino-alcohol motifs (C(OH)–C–C–N with tert-alkyl or cyclic N) is 1. The SMILES string of the molecule is Cl.Cl.OC(COCCC12CC3CC(CC(C3)C1)C2)CN1CCN(c2cccc(Cl)c2)CC1. The summed E-state index contributed by atoms with van der Waals surface area (Å²) in [6.07, 6.45) is 9.67. The molecule has 5 aliphatic rings. The normalized spacial score (nSPS) is 32.3. The molecule has 1 unspecified atom stereocenters. The molecular weight excluding hydrogens is 467 g/mol. The summed E-state index contributed by atoms with van der Waals surface area (Å²) >= 11 is 6.12. The van der Waals surface area contributed by atoms with Gasteiger partial charge in [-0.2, -0.15) is 0 Å². The molecule has 1 N–H and O–H groups in total. The van der Waals surface area contributed by atoms with Gasteiger partial charge in [0.05, 0.1) is 12.7 Å². The summed E-state index contributed by atoms with van der Waals surface area (Å²) in [7, 11) is 0. The van der Waals surface area contributed by atoms with Crippen LogP contribution in [0.4, 0.5) is 5.69 Å². The van der Waals surface area contributed by atoms with E-state index in [2.05, 4.69) is 15.9 Å². The highest BCUT2D eigenvalue weighted by atomic mass is 35.5. The van der Waals surface area contributed by atoms with Crippen LogP contribution < -0.4 is 4.90 Å². The number of benzene rings is 1. The van der Waals surface area contributed by atoms with Crippen LogP contribution in [0.3, 0.4) is 0 Å². The highest BCUT2D eigenvalue weighted by molar-refractivity contribution is 6.30. The van der Waals surface area contributed by atoms with E-state index in [1.807, 2.05) is 18.2 Å². The molecule has 0 aromatic heterocycles. The van der Waals surface area contributed by atoms with Crippen LogP contribution in [0.5, 0.6) is 0 Å². The summed E-state index contributed by atoms with van der Waals surface area (Å²) in [4.78, 5) is 4.73. The second-order valence-electron chi connectivity index (χ2n) is 10.7. The van der Waals surface area contributed by atoms with Crippen molar-refractivity contribution in [2.24, 2.45) is 23.2 Å². The van der Waals surface area contributed by atoms with E-state index in [9.17, 15) is 5.11 Å². The third-order valence-electron chi connectivity index (χ3n) is 8.27. The van der Waals surface area contributed by atoms with Gasteiger partial charge in [0.25, 0.3) is 0 Å². The minimum atomic E-state index is -0.390. The zero-order valence-electron chi connectivity index (χ0n) is 19.0. The first-order valence-electron chi connectivity index (χ1n) is 12.1. The number of hydrogen-bond donors (Lipinski definition) is 1. The Balaban J connectivity index is 0.00000144. The average Bonchev–Trinajstić information content (AvgIpc) is 2.71. The molecule has 6 rings (SSSR count). The number of piperazine rings is 1. The number of nitrogens with zero attached hydrogens (tertiary/aromatic N) is 2. The van der Waals surface area contributed by atoms with E-state index >= 15 is 0 Å². The average molecular weight is 506 g/mol. The molecule has 0 spiro atoms. The number of rotatable bonds is 8. The van der Waals surface area contributed by atoms with E-state index in [0.29, 0.717) is 18.6 Å². The van der Waals surface area contributed by atoms with E-state index in [1.165, 1.54) is 50.6 Å². The Morgan fingerprint density at radius 3 is 2.22 bits per heavy atom. The first-order chi connectivity index (χ1) is 14.6. The molecule has 1 aliphatic heterocycles. The molecule has 1 saturated heterocycles. The lowest BCUT2D eigenvalue weighted by molar-refractivity contribution is -0.0741. The van der Waals surface area contributed by atoms with Crippen LogP contribution in [0.1, 0.15) is 44.9 Å². The molecular formula is C25H39Cl3N2O2. The lowest BCUT2D eigenvalue weighted by atomic mass is 9.49. The van der Waals surface area contributed by atoms with Gasteiger partial charge >= 0.3 is 0 Å². The molecule has 182 valence electrons. The molecule has 1 atom stereocenters. The predicted octanol–water partition coefficient (Wildman–Crippen LogP) is 5.29. The lowest BCUT2D eigenvalue weighted by Crippen LogP contribution is -2.49. The molecule has 4 aliphatic carbocycles. The van der Waals surface area contributed by atoms with Crippen LogP contribution in [0, 0.1) is 23.2 Å². The van der Waals surface area contributed by atoms with Crippen molar-refractivity contribution in [1.29, 1.82) is 0 Å². The van der Waals surface area contributed by atoms with Crippen molar-refractivity contribution in [1.82, 2.24) is 4.90 Å². The lowest BCUT2D eigenvalue weighted by Gasteiger charge is -2.57. The zero-order valence-corrected chi connectivity index (χ0v) is 21.4. The molecule has 4 saturated carbocycles. The van der Waals surface area contributed by atoms with Gasteiger partial charge in [0.2, 0.25) is 0 Å². The highest BCUT2D eigenvalue weighted by Gasteiger charge is 2.50. The van der Waals surface area contributed by atoms with Crippen LogP contribution in [-0.2, 0) is 4.74 Å². The number of hydrogen-bond acceptors (Lipinski definition) is 4. The molecule has 5 fully saturated rings. The van der Waals surface area contributed by atoms with E-state index in [-0.39, 0.29) is 30.9 Å². The fourth-order valence-electron chi connectivity index (χ4n) is 7.32. The second kappa shape index (κ2) is 11.5. The Kier molecular flexibility index (Phi) is 9.45. The van der Waals surface area contributed by atoms with Crippen LogP contribution in [0.2, 0.25) is 5.02 Å². The van der Waals surface area contributed by atoms with Gasteiger partial charge < -0.3 is 14.7 Å². The third kappa shape index (κ3) is 6.25. The Morgan fingerprint density at radius 2 is 1.62 bits per heavy atom. The molecule has 7 heteroatoms. The minimum absolute atomic E-state index is 0. The Hall–Kier alpha value is -0.230. The number of ether oxygens (including phenoxy) is 1. The van der Waals surface area contributed by atoms with E-state index in [0.717, 1.165) is 55.6 Å². The fourth-order valence-corrected chi connectivity index (χ4v) is 7.50. The Bertz CT molecular complexity index is 692. The van der Waals surface area contributed by atoms with Crippen LogP contribution in [0.25, 0.3) is 0 Å². The van der Waals surface area contributed by atoms with Gasteiger partial charge in [-0.15, -0.1) is 24.8 Å². The smallest absolute Gasteiger partial charge is 0.0900 e. The molecule has 1 aromatic rings. The maximum absolute atomic E-state index is 10.5. The maximum Gasteiger partial charge on any atom is 0.0900 e. The molecule has 1 aromatic carbocycles. The third-order valence-corrected chi connectivity index (χ3v) is 8.50. The first-order valence-corrected chi connectivity index (χ1v) is 12.4. The predicted molar refractivity (Wildman–Crippen MR) is 137 cm³/mol. The van der Waals surface area contributed by atoms with Crippen molar-refractivity contribution in [3.63, 3.8) is 0 Å². The summed E-state index contributed by atoms with van der Waals surface area (Å²) in [6.45, 7) is 5.89. The zero-order chi connectivity index (χ0) is 20.6. The summed E-state index contributed by atoms with van der Waals surface area (Å²) in [5, 5.41) is 11.3. The minimum Gasteiger partial charge on any atom is -0.389 e. The van der Waals surface area contributed by atoms with Gasteiger partial charge in [0, 0.05) is 50.0 Å². The maximum atomic E-state index is 10.5. The fraction of sp³-hybridized carbons (Fsp3) is 0.760. The summed E-state index contributed by atoms with van der Waals surface area (Å²) < 4.78 is 5.98. The number of aliphatic hydroxyl groups is 1. The molecule has 32 heavy (non-hydrogen) atoms. The summed E-state index contributed by atoms with van der Waals surface area (Å²) in [5.41, 5.74) is 1.77. The van der Waals surface area contributed by atoms with Gasteiger partial charge in [-0.1, -0.05) is 17.7 Å². The number of aliphatic hydroxyl groups excluding tert-OH is 1. The van der Waals surface area contributed by atoms with E-state index in [1.54, 1.807) is 0 Å². The molecule has 0 amide bonds. The summed E-state index contributed by atoms with van der Waals surface area (Å²) in [5.74, 6) is 3.02. The monoisotopic (exact) mass is 504 g/mol. The van der Waals surface area contributed by atoms with Crippen LogP contribution in [0.15, 0.2) is 24.3 Å². The van der Waals surface area contributed by atoms with Crippen molar-refractivity contribution in [3.8, 4) is 0 Å². The van der Waals surface area contributed by atoms with Crippen LogP contribution >= 0.6 is 36.4 Å². The molecule has 4 nitrogen and oxygen atoms in total. The van der Waals surface area contributed by atoms with Gasteiger partial charge in [0.1, 0.15) is 0 Å². The largest absolute Gasteiger partial charge is 0.389 e. The van der Waals surface area contributed by atoms with Gasteiger partial charge in [-0.3, -0.25) is 4.90 Å². The quantitative estimate of drug-likeness (QED) is 0.487. The topological polar surface area (TPSA) is 35.9 Å². The summed E-state index contributed by atoms with van der Waals surface area (Å²) in [6, 6.07) is 8.08.